The summed E-state index contributed by atoms with van der Waals surface area (Å²) in [6.45, 7) is 15.2. The summed E-state index contributed by atoms with van der Waals surface area (Å²) < 4.78 is 53.4. The van der Waals surface area contributed by atoms with E-state index in [-0.39, 0.29) is 18.8 Å². The van der Waals surface area contributed by atoms with Crippen LogP contribution in [0.3, 0.4) is 0 Å². The van der Waals surface area contributed by atoms with Crippen LogP contribution in [0.25, 0.3) is 0 Å². The number of Topliss-reactive ketones (excluding diaryl/α,β-unsaturated/α-hetero) is 1. The number of nitrogens with two attached hydrogens (primary N) is 2. The van der Waals surface area contributed by atoms with Gasteiger partial charge in [-0.3, -0.25) is 28.8 Å². The van der Waals surface area contributed by atoms with Crippen LogP contribution in [0.15, 0.2) is 0 Å². The second kappa shape index (κ2) is 21.7. The number of carbonyl (C=O) groups is 7. The summed E-state index contributed by atoms with van der Waals surface area (Å²) in [5.41, 5.74) is 11.4. The average molecular weight is 820 g/mol. The normalized spacial score (nSPS) is 28.0. The molecule has 2 heterocycles. The molecule has 0 unspecified atom stereocenters. The van der Waals surface area contributed by atoms with E-state index in [1.807, 2.05) is 33.9 Å². The molecule has 3 amide bonds. The van der Waals surface area contributed by atoms with E-state index in [1.54, 1.807) is 0 Å². The molecule has 0 aromatic rings. The number of hydrogen-bond acceptors (Lipinski definition) is 16. The summed E-state index contributed by atoms with van der Waals surface area (Å²) in [5.74, 6) is -4.16. The lowest BCUT2D eigenvalue weighted by Gasteiger charge is -2.50. The third kappa shape index (κ3) is 14.7. The van der Waals surface area contributed by atoms with Crippen molar-refractivity contribution in [1.82, 2.24) is 5.32 Å². The van der Waals surface area contributed by atoms with Crippen LogP contribution in [0.2, 0.25) is 18.1 Å². The fraction of sp³-hybridized carbons (Fsp3) is 0.806. The van der Waals surface area contributed by atoms with Gasteiger partial charge in [0, 0.05) is 40.5 Å². The highest BCUT2D eigenvalue weighted by Crippen LogP contribution is 2.41. The van der Waals surface area contributed by atoms with E-state index in [0.717, 1.165) is 47.0 Å². The molecule has 0 saturated carbocycles. The van der Waals surface area contributed by atoms with Crippen molar-refractivity contribution in [1.29, 1.82) is 0 Å². The zero-order valence-corrected chi connectivity index (χ0v) is 35.1. The maximum absolute atomic E-state index is 13.0. The molecule has 0 radical (unpaired) electrons. The number of esters is 3. The Bertz CT molecular complexity index is 1390. The third-order valence-electron chi connectivity index (χ3n) is 9.60. The van der Waals surface area contributed by atoms with Crippen molar-refractivity contribution in [3.05, 3.63) is 0 Å². The Kier molecular flexibility index (Phi) is 18.8. The molecule has 56 heavy (non-hydrogen) atoms. The van der Waals surface area contributed by atoms with Gasteiger partial charge in [0.15, 0.2) is 51.4 Å². The number of nitrogens with one attached hydrogen (secondary N) is 1. The van der Waals surface area contributed by atoms with Crippen molar-refractivity contribution in [2.75, 3.05) is 13.2 Å². The Hall–Kier alpha value is -3.69. The van der Waals surface area contributed by atoms with E-state index in [2.05, 4.69) is 12.2 Å². The van der Waals surface area contributed by atoms with Gasteiger partial charge in [0.05, 0.1) is 6.61 Å². The molecule has 0 aliphatic carbocycles. The second-order valence-corrected chi connectivity index (χ2v) is 20.1. The monoisotopic (exact) mass is 819 g/mol. The lowest BCUT2D eigenvalue weighted by Crippen LogP contribution is -2.70. The molecule has 2 aliphatic heterocycles. The molecule has 20 heteroatoms. The Morgan fingerprint density at radius 1 is 0.732 bits per heavy atom. The molecule has 0 bridgehead atoms. The molecule has 320 valence electrons. The Labute approximate surface area is 328 Å². The van der Waals surface area contributed by atoms with Gasteiger partial charge in [0.1, 0.15) is 30.6 Å². The van der Waals surface area contributed by atoms with E-state index in [1.165, 1.54) is 0 Å². The topological polar surface area (TPSA) is 267 Å². The van der Waals surface area contributed by atoms with Gasteiger partial charge >= 0.3 is 24.0 Å². The minimum Gasteiger partial charge on any atom is -0.463 e. The predicted molar refractivity (Wildman–Crippen MR) is 198 cm³/mol. The average Bonchev–Trinajstić information content (AvgIpc) is 3.05. The molecule has 2 aliphatic rings. The first-order chi connectivity index (χ1) is 26.0. The van der Waals surface area contributed by atoms with Crippen LogP contribution >= 0.6 is 0 Å². The summed E-state index contributed by atoms with van der Waals surface area (Å²) in [7, 11) is -2.86. The predicted octanol–water partition coefficient (Wildman–Crippen LogP) is 2.04. The highest BCUT2D eigenvalue weighted by Gasteiger charge is 2.58. The molecule has 0 aromatic carbocycles. The van der Waals surface area contributed by atoms with Crippen LogP contribution in [0, 0.1) is 0 Å². The standard InChI is InChI=1S/C36H61N3O16Si/c1-11-12-13-14-15-23(44)16-17-47-34-31(28(54-35(38)46)29(30(52-34)32(37)45)55-56(9,10)36(6,7)8)53-33-25(39-19(2)40)27(50-22(5)43)26(49-21(4)42)24(51-33)18-48-20(3)41/h24-31,33-34H,11-18H2,1-10H3,(H2,37,45)(H2,38,46)(H,39,40)/t24-,25-,26-,27-,28+,29+,30+,31-,33+,34-/m1/s1. The highest BCUT2D eigenvalue weighted by molar-refractivity contribution is 6.74. The quantitative estimate of drug-likeness (QED) is 0.0687. The fourth-order valence-corrected chi connectivity index (χ4v) is 7.25. The van der Waals surface area contributed by atoms with E-state index in [0.29, 0.717) is 12.8 Å². The molecule has 10 atom stereocenters. The van der Waals surface area contributed by atoms with Gasteiger partial charge < -0.3 is 59.1 Å². The van der Waals surface area contributed by atoms with Gasteiger partial charge in [-0.1, -0.05) is 47.0 Å². The Balaban J connectivity index is 2.75. The van der Waals surface area contributed by atoms with Crippen molar-refractivity contribution in [3.8, 4) is 0 Å². The van der Waals surface area contributed by atoms with Crippen molar-refractivity contribution in [2.24, 2.45) is 11.5 Å². The Morgan fingerprint density at radius 2 is 1.36 bits per heavy atom. The minimum atomic E-state index is -2.86. The molecule has 0 spiro atoms. The molecule has 5 N–H and O–H groups in total. The number of ether oxygens (including phenoxy) is 8. The number of carbonyl (C=O) groups excluding carboxylic acids is 7. The molecular weight excluding hydrogens is 758 g/mol. The molecule has 0 aromatic heterocycles. The van der Waals surface area contributed by atoms with Crippen LogP contribution < -0.4 is 16.8 Å². The second-order valence-electron chi connectivity index (χ2n) is 15.4. The number of hydrogen-bond donors (Lipinski definition) is 3. The first-order valence-corrected chi connectivity index (χ1v) is 21.7. The molecule has 2 fully saturated rings. The van der Waals surface area contributed by atoms with E-state index in [4.69, 9.17) is 53.8 Å². The van der Waals surface area contributed by atoms with Crippen LogP contribution in [-0.4, -0.2) is 124 Å². The van der Waals surface area contributed by atoms with Gasteiger partial charge in [0.25, 0.3) is 0 Å². The molecule has 19 nitrogen and oxygen atoms in total. The van der Waals surface area contributed by atoms with Crippen LogP contribution in [0.4, 0.5) is 4.79 Å². The van der Waals surface area contributed by atoms with E-state index < -0.39 is 117 Å². The van der Waals surface area contributed by atoms with Crippen LogP contribution in [-0.2, 0) is 71.1 Å². The smallest absolute Gasteiger partial charge is 0.404 e. The summed E-state index contributed by atoms with van der Waals surface area (Å²) >= 11 is 0. The highest BCUT2D eigenvalue weighted by atomic mass is 28.4. The Morgan fingerprint density at radius 3 is 1.88 bits per heavy atom. The lowest BCUT2D eigenvalue weighted by atomic mass is 9.94. The van der Waals surface area contributed by atoms with Crippen LogP contribution in [0.5, 0.6) is 0 Å². The van der Waals surface area contributed by atoms with Crippen molar-refractivity contribution in [3.63, 3.8) is 0 Å². The summed E-state index contributed by atoms with van der Waals surface area (Å²) in [4.78, 5) is 87.7. The number of primary amides is 2. The SMILES string of the molecule is CCCCCCC(=O)CCO[C@@H]1O[C@H](C(N)=O)[C@@H](O[Si](C)(C)C(C)(C)C)[C@H](OC(N)=O)[C@H]1O[C@@H]1O[C@H](COC(C)=O)[C@@H](OC(C)=O)[C@H](OC(C)=O)[C@H]1NC(C)=O. The third-order valence-corrected chi connectivity index (χ3v) is 14.1. The fourth-order valence-electron chi connectivity index (χ4n) is 5.96. The van der Waals surface area contributed by atoms with Crippen molar-refractivity contribution < 1.29 is 75.9 Å². The van der Waals surface area contributed by atoms with Gasteiger partial charge in [-0.25, -0.2) is 4.79 Å². The summed E-state index contributed by atoms with van der Waals surface area (Å²) in [5, 5.41) is 2.14. The first-order valence-electron chi connectivity index (χ1n) is 18.8. The van der Waals surface area contributed by atoms with E-state index in [9.17, 15) is 33.6 Å². The van der Waals surface area contributed by atoms with Gasteiger partial charge in [-0.05, 0) is 24.6 Å². The molecular formula is C36H61N3O16Si. The molecule has 2 saturated heterocycles. The number of rotatable bonds is 20. The number of ketones is 1. The minimum absolute atomic E-state index is 0.0529. The molecule has 2 rings (SSSR count). The first kappa shape index (κ1) is 48.5. The summed E-state index contributed by atoms with van der Waals surface area (Å²) in [6, 6.07) is -1.46. The largest absolute Gasteiger partial charge is 0.463 e. The zero-order chi connectivity index (χ0) is 42.5. The zero-order valence-electron chi connectivity index (χ0n) is 34.1. The van der Waals surface area contributed by atoms with Crippen LogP contribution in [0.1, 0.15) is 93.9 Å². The maximum Gasteiger partial charge on any atom is 0.404 e. The van der Waals surface area contributed by atoms with Gasteiger partial charge in [-0.2, -0.15) is 0 Å². The van der Waals surface area contributed by atoms with Gasteiger partial charge in [-0.15, -0.1) is 0 Å². The summed E-state index contributed by atoms with van der Waals surface area (Å²) in [6.07, 6.45) is -11.4. The van der Waals surface area contributed by atoms with Crippen molar-refractivity contribution in [2.45, 2.75) is 173 Å². The number of amides is 3. The maximum atomic E-state index is 13.0. The van der Waals surface area contributed by atoms with E-state index >= 15 is 0 Å². The lowest BCUT2D eigenvalue weighted by molar-refractivity contribution is -0.348. The van der Waals surface area contributed by atoms with Crippen molar-refractivity contribution >= 4 is 49.9 Å². The number of unbranched alkanes of at least 4 members (excludes halogenated alkanes) is 3. The van der Waals surface area contributed by atoms with Gasteiger partial charge in [0.2, 0.25) is 11.8 Å².